The van der Waals surface area contributed by atoms with E-state index in [9.17, 15) is 0 Å². The second kappa shape index (κ2) is 40.9. The minimum absolute atomic E-state index is 0.237. The number of rotatable bonds is 34. The lowest BCUT2D eigenvalue weighted by molar-refractivity contribution is 0.662. The maximum Gasteiger partial charge on any atom is 0.194 e. The first kappa shape index (κ1) is 74.1. The molecule has 5 rings (SSSR count). The molecule has 2 heteroatoms. The van der Waals surface area contributed by atoms with Gasteiger partial charge in [0.1, 0.15) is 0 Å². The number of benzene rings is 5. The van der Waals surface area contributed by atoms with Crippen molar-refractivity contribution >= 4 is 11.4 Å². The number of hydrogen-bond donors (Lipinski definition) is 0. The first-order valence-corrected chi connectivity index (χ1v) is 36.3. The Kier molecular flexibility index (Phi) is 33.7. The Labute approximate surface area is 552 Å². The van der Waals surface area contributed by atoms with Gasteiger partial charge in [0.25, 0.3) is 0 Å². The predicted molar refractivity (Wildman–Crippen MR) is 392 cm³/mol. The third-order valence-corrected chi connectivity index (χ3v) is 18.2. The van der Waals surface area contributed by atoms with Crippen molar-refractivity contribution in [3.63, 3.8) is 0 Å². The molecule has 0 saturated carbocycles. The third kappa shape index (κ3) is 23.5. The van der Waals surface area contributed by atoms with Crippen LogP contribution in [-0.4, -0.2) is 0 Å². The largest absolute Gasteiger partial charge is 0.238 e. The van der Waals surface area contributed by atoms with E-state index in [1.165, 1.54) is 149 Å². The van der Waals surface area contributed by atoms with Crippen LogP contribution in [0.5, 0.6) is 0 Å². The van der Waals surface area contributed by atoms with Gasteiger partial charge in [0.05, 0.1) is 13.1 Å². The monoisotopic (exact) mass is 1200 g/mol. The van der Waals surface area contributed by atoms with E-state index < -0.39 is 0 Å². The SMILES string of the molecule is [C-]#[N+]c1c(C(C)C)cc(C#Cc2cc(CCCCCC)c(C#Cc3cc(CCCCCC)c(C#Cc4cc(CCCCCC)c(C#Cc5cc(C(C)C)c([N+]#[C-])c(C(C)C)c5)cc4CCCCCC)cc3CCCCCC)cc2CCCCCC)cc1C(C)C. The summed E-state index contributed by atoms with van der Waals surface area (Å²) in [5.41, 5.74) is 22.7. The molecule has 0 aliphatic rings. The lowest BCUT2D eigenvalue weighted by Gasteiger charge is -2.16. The molecule has 5 aromatic carbocycles. The molecule has 2 nitrogen and oxygen atoms in total. The summed E-state index contributed by atoms with van der Waals surface area (Å²) in [6.07, 6.45) is 34.5. The summed E-state index contributed by atoms with van der Waals surface area (Å²) >= 11 is 0. The minimum Gasteiger partial charge on any atom is -0.238 e. The highest BCUT2D eigenvalue weighted by molar-refractivity contribution is 5.67. The summed E-state index contributed by atoms with van der Waals surface area (Å²) < 4.78 is 0. The van der Waals surface area contributed by atoms with Crippen LogP contribution in [0.2, 0.25) is 0 Å². The molecule has 0 N–H and O–H groups in total. The zero-order valence-electron chi connectivity index (χ0n) is 59.2. The zero-order chi connectivity index (χ0) is 65.2. The molecule has 478 valence electrons. The Hall–Kier alpha value is -6.68. The molecule has 0 radical (unpaired) electrons. The Bertz CT molecular complexity index is 3130. The third-order valence-electron chi connectivity index (χ3n) is 18.2. The second-order valence-electron chi connectivity index (χ2n) is 27.2. The van der Waals surface area contributed by atoms with Crippen molar-refractivity contribution in [2.24, 2.45) is 0 Å². The van der Waals surface area contributed by atoms with E-state index in [0.717, 1.165) is 155 Å². The number of aryl methyl sites for hydroxylation is 6. The lowest BCUT2D eigenvalue weighted by Crippen LogP contribution is -2.01. The summed E-state index contributed by atoms with van der Waals surface area (Å²) in [5.74, 6) is 31.5. The fourth-order valence-electron chi connectivity index (χ4n) is 12.5. The summed E-state index contributed by atoms with van der Waals surface area (Å²) in [5, 5.41) is 0. The van der Waals surface area contributed by atoms with Gasteiger partial charge in [-0.15, -0.1) is 0 Å². The predicted octanol–water partition coefficient (Wildman–Crippen LogP) is 25.6. The van der Waals surface area contributed by atoms with Crippen molar-refractivity contribution in [3.8, 4) is 47.4 Å². The molecule has 0 spiro atoms. The van der Waals surface area contributed by atoms with Gasteiger partial charge in [0.2, 0.25) is 0 Å². The van der Waals surface area contributed by atoms with Crippen LogP contribution < -0.4 is 0 Å². The molecule has 0 aliphatic heterocycles. The van der Waals surface area contributed by atoms with Gasteiger partial charge in [-0.3, -0.25) is 0 Å². The van der Waals surface area contributed by atoms with Crippen molar-refractivity contribution in [1.29, 1.82) is 0 Å². The average Bonchev–Trinajstić information content (AvgIpc) is 1.74. The fraction of sp³-hybridized carbons (Fsp3) is 0.545. The van der Waals surface area contributed by atoms with Gasteiger partial charge in [0.15, 0.2) is 11.4 Å². The van der Waals surface area contributed by atoms with Gasteiger partial charge < -0.3 is 0 Å². The van der Waals surface area contributed by atoms with Crippen molar-refractivity contribution in [2.75, 3.05) is 0 Å². The van der Waals surface area contributed by atoms with E-state index in [4.69, 9.17) is 13.1 Å². The van der Waals surface area contributed by atoms with Crippen LogP contribution in [0.3, 0.4) is 0 Å². The van der Waals surface area contributed by atoms with Crippen molar-refractivity contribution in [2.45, 2.75) is 313 Å². The maximum atomic E-state index is 8.11. The standard InChI is InChI=1S/C88H116N2/c1-17-23-29-35-41-71-61-79(73(43-37-31-25-19-3)59-77(71)49-47-69-55-83(65(7)8)87(89-15)84(56-69)66(9)10)51-53-81-63-76(46-40-34-28-22-6)82(64-75(81)45-39-33-27-21-5)54-52-80-62-72(42-36-30-24-18-2)78(60-74(80)44-38-32-26-20-4)50-48-70-57-85(67(11)12)88(90-16)86(58-70)68(13)14/h55-68H,17-46H2,1-14H3. The summed E-state index contributed by atoms with van der Waals surface area (Å²) in [4.78, 5) is 8.09. The van der Waals surface area contributed by atoms with Crippen LogP contribution in [0.4, 0.5) is 11.4 Å². The smallest absolute Gasteiger partial charge is 0.194 e. The molecule has 0 aromatic heterocycles. The van der Waals surface area contributed by atoms with E-state index in [1.54, 1.807) is 0 Å². The van der Waals surface area contributed by atoms with E-state index in [2.05, 4.69) is 215 Å². The highest BCUT2D eigenvalue weighted by atomic mass is 14.7. The van der Waals surface area contributed by atoms with Crippen LogP contribution in [0.15, 0.2) is 60.7 Å². The molecule has 0 aliphatic carbocycles. The highest BCUT2D eigenvalue weighted by Crippen LogP contribution is 2.38. The van der Waals surface area contributed by atoms with Gasteiger partial charge in [-0.05, 0) is 193 Å². The Morgan fingerprint density at radius 2 is 0.433 bits per heavy atom. The number of unbranched alkanes of at least 4 members (excludes halogenated alkanes) is 18. The fourth-order valence-corrected chi connectivity index (χ4v) is 12.5. The molecule has 0 fully saturated rings. The number of nitrogens with zero attached hydrogens (tertiary/aromatic N) is 2. The van der Waals surface area contributed by atoms with Crippen LogP contribution in [0, 0.1) is 60.5 Å². The van der Waals surface area contributed by atoms with Crippen molar-refractivity contribution in [3.05, 3.63) is 184 Å². The molecule has 5 aromatic rings. The molecule has 0 saturated heterocycles. The normalized spacial score (nSPS) is 11.0. The van der Waals surface area contributed by atoms with E-state index in [0.29, 0.717) is 0 Å². The Morgan fingerprint density at radius 3 is 0.589 bits per heavy atom. The quantitative estimate of drug-likeness (QED) is 0.0220. The van der Waals surface area contributed by atoms with Gasteiger partial charge >= 0.3 is 0 Å². The van der Waals surface area contributed by atoms with Crippen LogP contribution in [0.1, 0.15) is 375 Å². The minimum atomic E-state index is 0.237. The van der Waals surface area contributed by atoms with Crippen molar-refractivity contribution < 1.29 is 0 Å². The summed E-state index contributed by atoms with van der Waals surface area (Å²) in [7, 11) is 0. The molecule has 90 heavy (non-hydrogen) atoms. The second-order valence-corrected chi connectivity index (χ2v) is 27.2. The average molecular weight is 1200 g/mol. The first-order chi connectivity index (χ1) is 43.6. The first-order valence-electron chi connectivity index (χ1n) is 36.3. The number of hydrogen-bond acceptors (Lipinski definition) is 0. The summed E-state index contributed by atoms with van der Waals surface area (Å²) in [6.45, 7) is 47.5. The maximum absolute atomic E-state index is 8.11. The Balaban J connectivity index is 1.76. The molecule has 0 atom stereocenters. The van der Waals surface area contributed by atoms with Crippen molar-refractivity contribution in [1.82, 2.24) is 0 Å². The zero-order valence-corrected chi connectivity index (χ0v) is 59.2. The van der Waals surface area contributed by atoms with E-state index in [1.807, 2.05) is 0 Å². The van der Waals surface area contributed by atoms with Crippen LogP contribution in [-0.2, 0) is 38.5 Å². The summed E-state index contributed by atoms with van der Waals surface area (Å²) in [6, 6.07) is 23.3. The van der Waals surface area contributed by atoms with Gasteiger partial charge in [0, 0.05) is 44.5 Å². The van der Waals surface area contributed by atoms with E-state index in [-0.39, 0.29) is 23.7 Å². The molecule has 0 bridgehead atoms. The van der Waals surface area contributed by atoms with Gasteiger partial charge in [-0.2, -0.15) is 0 Å². The Morgan fingerprint density at radius 1 is 0.256 bits per heavy atom. The van der Waals surface area contributed by atoms with Gasteiger partial charge in [-0.1, -0.05) is 284 Å². The molecule has 0 amide bonds. The molecular weight excluding hydrogens is 1080 g/mol. The lowest BCUT2D eigenvalue weighted by atomic mass is 9.89. The van der Waals surface area contributed by atoms with Crippen LogP contribution in [0.25, 0.3) is 9.69 Å². The topological polar surface area (TPSA) is 8.72 Å². The van der Waals surface area contributed by atoms with E-state index >= 15 is 0 Å². The molecule has 0 unspecified atom stereocenters. The molecule has 0 heterocycles. The van der Waals surface area contributed by atoms with Crippen LogP contribution >= 0.6 is 0 Å². The highest BCUT2D eigenvalue weighted by Gasteiger charge is 2.19. The molecular formula is C88H116N2. The van der Waals surface area contributed by atoms with Gasteiger partial charge in [-0.25, -0.2) is 9.69 Å².